The van der Waals surface area contributed by atoms with E-state index in [4.69, 9.17) is 14.2 Å². The minimum atomic E-state index is -0.528. The van der Waals surface area contributed by atoms with Crippen LogP contribution in [0.2, 0.25) is 0 Å². The second-order valence-electron chi connectivity index (χ2n) is 6.93. The Kier molecular flexibility index (Phi) is 12.2. The summed E-state index contributed by atoms with van der Waals surface area (Å²) >= 11 is 0. The van der Waals surface area contributed by atoms with Crippen molar-refractivity contribution >= 4 is 11.9 Å². The summed E-state index contributed by atoms with van der Waals surface area (Å²) in [6.45, 7) is 5.90. The summed E-state index contributed by atoms with van der Waals surface area (Å²) in [7, 11) is 0. The molecule has 0 atom stereocenters. The molecule has 0 radical (unpaired) electrons. The van der Waals surface area contributed by atoms with Gasteiger partial charge in [-0.25, -0.2) is 9.59 Å². The highest BCUT2D eigenvalue weighted by Crippen LogP contribution is 2.19. The third kappa shape index (κ3) is 11.4. The molecule has 0 aliphatic heterocycles. The van der Waals surface area contributed by atoms with Gasteiger partial charge in [0, 0.05) is 0 Å². The van der Waals surface area contributed by atoms with Crippen molar-refractivity contribution in [2.75, 3.05) is 19.8 Å². The lowest BCUT2D eigenvalue weighted by Gasteiger charge is -2.09. The number of aryl methyl sites for hydroxylation is 2. The average molecular weight is 379 g/mol. The molecule has 0 saturated heterocycles. The summed E-state index contributed by atoms with van der Waals surface area (Å²) in [5.41, 5.74) is 1.88. The van der Waals surface area contributed by atoms with Gasteiger partial charge < -0.3 is 14.2 Å². The summed E-state index contributed by atoms with van der Waals surface area (Å²) in [6, 6.07) is 5.64. The van der Waals surface area contributed by atoms with E-state index in [-0.39, 0.29) is 13.2 Å². The van der Waals surface area contributed by atoms with E-state index in [1.807, 2.05) is 26.0 Å². The molecule has 152 valence electrons. The minimum absolute atomic E-state index is 0.237. The molecule has 0 aromatic heterocycles. The van der Waals surface area contributed by atoms with Crippen molar-refractivity contribution in [3.63, 3.8) is 0 Å². The van der Waals surface area contributed by atoms with E-state index in [1.165, 1.54) is 38.5 Å². The number of hydrogen-bond acceptors (Lipinski definition) is 5. The van der Waals surface area contributed by atoms with E-state index in [0.717, 1.165) is 24.0 Å². The van der Waals surface area contributed by atoms with Crippen LogP contribution in [-0.4, -0.2) is 31.8 Å². The Hall–Kier alpha value is -1.88. The monoisotopic (exact) mass is 378 g/mol. The predicted octanol–water partition coefficient (Wildman–Crippen LogP) is 4.91. The fraction of sp³-hybridized carbons (Fsp3) is 0.636. The van der Waals surface area contributed by atoms with Crippen LogP contribution in [0.3, 0.4) is 0 Å². The fourth-order valence-corrected chi connectivity index (χ4v) is 2.65. The van der Waals surface area contributed by atoms with E-state index < -0.39 is 11.9 Å². The first-order valence-electron chi connectivity index (χ1n) is 10.0. The number of carbonyl (C=O) groups excluding carboxylic acids is 2. The number of ether oxygens (including phenoxy) is 3. The van der Waals surface area contributed by atoms with E-state index in [2.05, 4.69) is 6.92 Å². The first kappa shape index (κ1) is 23.2. The van der Waals surface area contributed by atoms with Crippen LogP contribution in [0, 0.1) is 13.8 Å². The van der Waals surface area contributed by atoms with Gasteiger partial charge >= 0.3 is 11.9 Å². The Balaban J connectivity index is 2.03. The van der Waals surface area contributed by atoms with E-state index in [1.54, 1.807) is 6.07 Å². The number of unbranched alkanes of at least 4 members (excludes halogenated alkanes) is 7. The maximum atomic E-state index is 11.8. The standard InChI is InChI=1S/C22H34O5/c1-4-5-6-7-8-9-10-11-14-26-21(23)16-25-17-22(24)27-20-15-18(2)12-13-19(20)3/h12-13,15H,4-11,14,16-17H2,1-3H3. The van der Waals surface area contributed by atoms with Crippen molar-refractivity contribution in [3.05, 3.63) is 29.3 Å². The van der Waals surface area contributed by atoms with Crippen molar-refractivity contribution in [2.24, 2.45) is 0 Å². The van der Waals surface area contributed by atoms with Crippen LogP contribution in [0.4, 0.5) is 0 Å². The number of benzene rings is 1. The van der Waals surface area contributed by atoms with Crippen molar-refractivity contribution in [1.82, 2.24) is 0 Å². The summed E-state index contributed by atoms with van der Waals surface area (Å²) in [4.78, 5) is 23.4. The third-order valence-electron chi connectivity index (χ3n) is 4.27. The van der Waals surface area contributed by atoms with Crippen LogP contribution in [-0.2, 0) is 19.1 Å². The van der Waals surface area contributed by atoms with Gasteiger partial charge in [-0.05, 0) is 37.5 Å². The van der Waals surface area contributed by atoms with Gasteiger partial charge in [-0.15, -0.1) is 0 Å². The molecule has 0 N–H and O–H groups in total. The highest BCUT2D eigenvalue weighted by molar-refractivity contribution is 5.75. The number of carbonyl (C=O) groups is 2. The molecule has 5 nitrogen and oxygen atoms in total. The second-order valence-corrected chi connectivity index (χ2v) is 6.93. The first-order valence-corrected chi connectivity index (χ1v) is 10.0. The Labute approximate surface area is 163 Å². The predicted molar refractivity (Wildman–Crippen MR) is 106 cm³/mol. The molecule has 0 aliphatic rings. The van der Waals surface area contributed by atoms with Gasteiger partial charge in [-0.1, -0.05) is 64.0 Å². The van der Waals surface area contributed by atoms with Gasteiger partial charge in [0.2, 0.25) is 0 Å². The molecule has 27 heavy (non-hydrogen) atoms. The molecule has 0 spiro atoms. The van der Waals surface area contributed by atoms with Crippen molar-refractivity contribution in [2.45, 2.75) is 72.1 Å². The molecule has 1 aromatic carbocycles. The molecule has 5 heteroatoms. The summed E-state index contributed by atoms with van der Waals surface area (Å²) in [6.07, 6.45) is 9.56. The molecule has 1 aromatic rings. The number of rotatable bonds is 14. The van der Waals surface area contributed by atoms with Gasteiger partial charge in [0.15, 0.2) is 0 Å². The van der Waals surface area contributed by atoms with Crippen molar-refractivity contribution in [3.8, 4) is 5.75 Å². The number of hydrogen-bond donors (Lipinski definition) is 0. The molecule has 0 fully saturated rings. The molecular formula is C22H34O5. The highest BCUT2D eigenvalue weighted by atomic mass is 16.6. The second kappa shape index (κ2) is 14.2. The Morgan fingerprint density at radius 1 is 0.852 bits per heavy atom. The van der Waals surface area contributed by atoms with E-state index in [9.17, 15) is 9.59 Å². The molecule has 0 bridgehead atoms. The summed E-state index contributed by atoms with van der Waals surface area (Å²) in [5.74, 6) is -0.460. The normalized spacial score (nSPS) is 10.6. The van der Waals surface area contributed by atoms with Gasteiger partial charge in [-0.3, -0.25) is 0 Å². The Bertz CT molecular complexity index is 568. The lowest BCUT2D eigenvalue weighted by molar-refractivity contribution is -0.152. The molecular weight excluding hydrogens is 344 g/mol. The minimum Gasteiger partial charge on any atom is -0.464 e. The van der Waals surface area contributed by atoms with E-state index in [0.29, 0.717) is 12.4 Å². The van der Waals surface area contributed by atoms with E-state index >= 15 is 0 Å². The van der Waals surface area contributed by atoms with Gasteiger partial charge in [-0.2, -0.15) is 0 Å². The maximum Gasteiger partial charge on any atom is 0.337 e. The van der Waals surface area contributed by atoms with Gasteiger partial charge in [0.25, 0.3) is 0 Å². The van der Waals surface area contributed by atoms with Crippen LogP contribution >= 0.6 is 0 Å². The lowest BCUT2D eigenvalue weighted by atomic mass is 10.1. The highest BCUT2D eigenvalue weighted by Gasteiger charge is 2.10. The van der Waals surface area contributed by atoms with Gasteiger partial charge in [0.1, 0.15) is 19.0 Å². The van der Waals surface area contributed by atoms with Crippen LogP contribution in [0.15, 0.2) is 18.2 Å². The Morgan fingerprint density at radius 3 is 2.19 bits per heavy atom. The van der Waals surface area contributed by atoms with Crippen molar-refractivity contribution < 1.29 is 23.8 Å². The molecule has 0 saturated carbocycles. The molecule has 1 rings (SSSR count). The van der Waals surface area contributed by atoms with Gasteiger partial charge in [0.05, 0.1) is 6.61 Å². The Morgan fingerprint density at radius 2 is 1.48 bits per heavy atom. The summed E-state index contributed by atoms with van der Waals surface area (Å²) in [5, 5.41) is 0. The average Bonchev–Trinajstić information content (AvgIpc) is 2.63. The quantitative estimate of drug-likeness (QED) is 0.261. The molecule has 0 aliphatic carbocycles. The number of esters is 2. The smallest absolute Gasteiger partial charge is 0.337 e. The lowest BCUT2D eigenvalue weighted by Crippen LogP contribution is -2.20. The zero-order valence-electron chi connectivity index (χ0n) is 17.1. The molecule has 0 unspecified atom stereocenters. The maximum absolute atomic E-state index is 11.8. The molecule has 0 heterocycles. The largest absolute Gasteiger partial charge is 0.464 e. The fourth-order valence-electron chi connectivity index (χ4n) is 2.65. The topological polar surface area (TPSA) is 61.8 Å². The third-order valence-corrected chi connectivity index (χ3v) is 4.27. The van der Waals surface area contributed by atoms with Crippen LogP contribution in [0.1, 0.15) is 69.4 Å². The van der Waals surface area contributed by atoms with Crippen LogP contribution in [0.25, 0.3) is 0 Å². The first-order chi connectivity index (χ1) is 13.0. The van der Waals surface area contributed by atoms with Crippen LogP contribution < -0.4 is 4.74 Å². The molecule has 0 amide bonds. The zero-order chi connectivity index (χ0) is 19.9. The van der Waals surface area contributed by atoms with Crippen LogP contribution in [0.5, 0.6) is 5.75 Å². The zero-order valence-corrected chi connectivity index (χ0v) is 17.1. The summed E-state index contributed by atoms with van der Waals surface area (Å²) < 4.78 is 15.4. The SMILES string of the molecule is CCCCCCCCCCOC(=O)COCC(=O)Oc1cc(C)ccc1C. The van der Waals surface area contributed by atoms with Crippen molar-refractivity contribution in [1.29, 1.82) is 0 Å².